The normalized spacial score (nSPS) is 10.9. The molecule has 1 N–H and O–H groups in total. The lowest BCUT2D eigenvalue weighted by Gasteiger charge is -2.05. The fourth-order valence-electron chi connectivity index (χ4n) is 2.26. The summed E-state index contributed by atoms with van der Waals surface area (Å²) in [5, 5.41) is 0. The molecule has 0 radical (unpaired) electrons. The monoisotopic (exact) mass is 254 g/mol. The lowest BCUT2D eigenvalue weighted by Crippen LogP contribution is -1.99. The van der Waals surface area contributed by atoms with Gasteiger partial charge in [0.1, 0.15) is 0 Å². The molecule has 0 bridgehead atoms. The molecule has 0 atom stereocenters. The average Bonchev–Trinajstić information content (AvgIpc) is 2.66. The zero-order valence-electron chi connectivity index (χ0n) is 10.2. The van der Waals surface area contributed by atoms with Gasteiger partial charge >= 0.3 is 0 Å². The van der Waals surface area contributed by atoms with Crippen molar-refractivity contribution in [2.45, 2.75) is 13.5 Å². The molecular formula is C15H14N2S. The van der Waals surface area contributed by atoms with Crippen LogP contribution in [0.3, 0.4) is 0 Å². The zero-order valence-corrected chi connectivity index (χ0v) is 11.0. The third-order valence-corrected chi connectivity index (χ3v) is 3.43. The van der Waals surface area contributed by atoms with E-state index in [9.17, 15) is 0 Å². The summed E-state index contributed by atoms with van der Waals surface area (Å²) >= 11 is 5.39. The number of imidazole rings is 1. The summed E-state index contributed by atoms with van der Waals surface area (Å²) in [6, 6.07) is 16.7. The van der Waals surface area contributed by atoms with E-state index < -0.39 is 0 Å². The first kappa shape index (κ1) is 11.2. The van der Waals surface area contributed by atoms with Gasteiger partial charge in [0.2, 0.25) is 0 Å². The largest absolute Gasteiger partial charge is 0.331 e. The standard InChI is InChI=1S/C15H14N2S/c1-11-5-4-6-12(9-11)10-17-14-8-3-2-7-13(14)16-15(17)18/h2-9H,10H2,1H3,(H,16,18). The van der Waals surface area contributed by atoms with E-state index in [1.807, 2.05) is 12.1 Å². The van der Waals surface area contributed by atoms with E-state index in [-0.39, 0.29) is 0 Å². The minimum atomic E-state index is 0.776. The summed E-state index contributed by atoms with van der Waals surface area (Å²) in [5.41, 5.74) is 4.80. The molecule has 1 aromatic heterocycles. The Bertz CT molecular complexity index is 752. The Kier molecular flexibility index (Phi) is 2.76. The summed E-state index contributed by atoms with van der Waals surface area (Å²) in [5.74, 6) is 0. The Hall–Kier alpha value is -1.87. The Balaban J connectivity index is 2.10. The number of hydrogen-bond donors (Lipinski definition) is 1. The van der Waals surface area contributed by atoms with E-state index >= 15 is 0 Å². The molecular weight excluding hydrogens is 240 g/mol. The van der Waals surface area contributed by atoms with E-state index in [2.05, 4.69) is 52.9 Å². The van der Waals surface area contributed by atoms with Crippen molar-refractivity contribution in [2.24, 2.45) is 0 Å². The maximum Gasteiger partial charge on any atom is 0.178 e. The van der Waals surface area contributed by atoms with Crippen LogP contribution in [0.15, 0.2) is 48.5 Å². The molecule has 90 valence electrons. The lowest BCUT2D eigenvalue weighted by molar-refractivity contribution is 0.809. The molecule has 2 nitrogen and oxygen atoms in total. The number of hydrogen-bond acceptors (Lipinski definition) is 1. The molecule has 0 fully saturated rings. The SMILES string of the molecule is Cc1cccc(Cn2c(=S)[nH]c3ccccc32)c1. The maximum atomic E-state index is 5.39. The second kappa shape index (κ2) is 4.42. The van der Waals surface area contributed by atoms with Crippen molar-refractivity contribution in [2.75, 3.05) is 0 Å². The van der Waals surface area contributed by atoms with Crippen LogP contribution < -0.4 is 0 Å². The molecule has 0 aliphatic heterocycles. The fraction of sp³-hybridized carbons (Fsp3) is 0.133. The first-order valence-electron chi connectivity index (χ1n) is 5.97. The van der Waals surface area contributed by atoms with Gasteiger partial charge in [-0.05, 0) is 36.8 Å². The highest BCUT2D eigenvalue weighted by Gasteiger charge is 2.04. The maximum absolute atomic E-state index is 5.39. The van der Waals surface area contributed by atoms with Crippen molar-refractivity contribution < 1.29 is 0 Å². The smallest absolute Gasteiger partial charge is 0.178 e. The summed E-state index contributed by atoms with van der Waals surface area (Å²) in [6.07, 6.45) is 0. The van der Waals surface area contributed by atoms with Gasteiger partial charge in [-0.25, -0.2) is 0 Å². The van der Waals surface area contributed by atoms with Gasteiger partial charge in [-0.3, -0.25) is 0 Å². The van der Waals surface area contributed by atoms with Gasteiger partial charge in [0.15, 0.2) is 4.77 Å². The van der Waals surface area contributed by atoms with Crippen LogP contribution in [0.2, 0.25) is 0 Å². The summed E-state index contributed by atoms with van der Waals surface area (Å²) < 4.78 is 2.91. The zero-order chi connectivity index (χ0) is 12.5. The third-order valence-electron chi connectivity index (χ3n) is 3.10. The van der Waals surface area contributed by atoms with E-state index in [0.717, 1.165) is 22.3 Å². The van der Waals surface area contributed by atoms with Crippen LogP contribution in [0.5, 0.6) is 0 Å². The molecule has 0 aliphatic rings. The van der Waals surface area contributed by atoms with Crippen LogP contribution >= 0.6 is 12.2 Å². The summed E-state index contributed by atoms with van der Waals surface area (Å²) in [6.45, 7) is 2.92. The van der Waals surface area contributed by atoms with Crippen LogP contribution in [0, 0.1) is 11.7 Å². The molecule has 0 saturated heterocycles. The number of H-pyrrole nitrogens is 1. The number of rotatable bonds is 2. The van der Waals surface area contributed by atoms with Crippen molar-refractivity contribution >= 4 is 23.3 Å². The summed E-state index contributed by atoms with van der Waals surface area (Å²) in [4.78, 5) is 3.24. The van der Waals surface area contributed by atoms with Gasteiger partial charge in [0.25, 0.3) is 0 Å². The fourth-order valence-corrected chi connectivity index (χ4v) is 2.53. The molecule has 0 unspecified atom stereocenters. The Morgan fingerprint density at radius 3 is 2.78 bits per heavy atom. The highest BCUT2D eigenvalue weighted by molar-refractivity contribution is 7.71. The van der Waals surface area contributed by atoms with Crippen LogP contribution in [-0.2, 0) is 6.54 Å². The van der Waals surface area contributed by atoms with Gasteiger partial charge in [-0.2, -0.15) is 0 Å². The van der Waals surface area contributed by atoms with Crippen molar-refractivity contribution in [3.63, 3.8) is 0 Å². The molecule has 3 aromatic rings. The van der Waals surface area contributed by atoms with Gasteiger partial charge in [0, 0.05) is 0 Å². The molecule has 0 spiro atoms. The van der Waals surface area contributed by atoms with Crippen molar-refractivity contribution in [1.29, 1.82) is 0 Å². The quantitative estimate of drug-likeness (QED) is 0.684. The molecule has 1 heterocycles. The number of aromatic nitrogens is 2. The molecule has 0 saturated carbocycles. The number of benzene rings is 2. The van der Waals surface area contributed by atoms with Gasteiger partial charge in [-0.15, -0.1) is 0 Å². The number of nitrogens with zero attached hydrogens (tertiary/aromatic N) is 1. The Morgan fingerprint density at radius 2 is 1.94 bits per heavy atom. The molecule has 3 heteroatoms. The third kappa shape index (κ3) is 1.97. The van der Waals surface area contributed by atoms with Gasteiger partial charge in [-0.1, -0.05) is 42.0 Å². The van der Waals surface area contributed by atoms with Crippen LogP contribution in [0.4, 0.5) is 0 Å². The molecule has 2 aromatic carbocycles. The molecule has 0 amide bonds. The highest BCUT2D eigenvalue weighted by Crippen LogP contribution is 2.16. The minimum absolute atomic E-state index is 0.776. The number of para-hydroxylation sites is 2. The predicted molar refractivity (Wildman–Crippen MR) is 77.4 cm³/mol. The van der Waals surface area contributed by atoms with Gasteiger partial charge < -0.3 is 9.55 Å². The molecule has 3 rings (SSSR count). The minimum Gasteiger partial charge on any atom is -0.331 e. The molecule has 0 aliphatic carbocycles. The van der Waals surface area contributed by atoms with Crippen LogP contribution in [-0.4, -0.2) is 9.55 Å². The topological polar surface area (TPSA) is 20.7 Å². The van der Waals surface area contributed by atoms with E-state index in [0.29, 0.717) is 0 Å². The summed E-state index contributed by atoms with van der Waals surface area (Å²) in [7, 11) is 0. The first-order chi connectivity index (χ1) is 8.74. The van der Waals surface area contributed by atoms with Crippen LogP contribution in [0.25, 0.3) is 11.0 Å². The highest BCUT2D eigenvalue weighted by atomic mass is 32.1. The number of aryl methyl sites for hydroxylation is 1. The number of aromatic amines is 1. The van der Waals surface area contributed by atoms with E-state index in [4.69, 9.17) is 12.2 Å². The Labute approximate surface area is 111 Å². The predicted octanol–water partition coefficient (Wildman–Crippen LogP) is 4.06. The van der Waals surface area contributed by atoms with E-state index in [1.165, 1.54) is 11.1 Å². The van der Waals surface area contributed by atoms with Crippen LogP contribution in [0.1, 0.15) is 11.1 Å². The second-order valence-corrected chi connectivity index (χ2v) is 4.91. The number of nitrogens with one attached hydrogen (secondary N) is 1. The average molecular weight is 254 g/mol. The first-order valence-corrected chi connectivity index (χ1v) is 6.38. The molecule has 18 heavy (non-hydrogen) atoms. The second-order valence-electron chi connectivity index (χ2n) is 4.52. The van der Waals surface area contributed by atoms with Crippen molar-refractivity contribution in [3.05, 3.63) is 64.4 Å². The van der Waals surface area contributed by atoms with Crippen molar-refractivity contribution in [3.8, 4) is 0 Å². The van der Waals surface area contributed by atoms with E-state index in [1.54, 1.807) is 0 Å². The van der Waals surface area contributed by atoms with Gasteiger partial charge in [0.05, 0.1) is 17.6 Å². The number of fused-ring (bicyclic) bond motifs is 1. The lowest BCUT2D eigenvalue weighted by atomic mass is 10.1. The Morgan fingerprint density at radius 1 is 1.11 bits per heavy atom. The van der Waals surface area contributed by atoms with Crippen molar-refractivity contribution in [1.82, 2.24) is 9.55 Å².